The van der Waals surface area contributed by atoms with Gasteiger partial charge in [0.1, 0.15) is 0 Å². The van der Waals surface area contributed by atoms with E-state index in [4.69, 9.17) is 4.74 Å². The van der Waals surface area contributed by atoms with E-state index in [2.05, 4.69) is 10.3 Å². The minimum atomic E-state index is -0.232. The molecule has 4 nitrogen and oxygen atoms in total. The lowest BCUT2D eigenvalue weighted by Gasteiger charge is -2.28. The van der Waals surface area contributed by atoms with Crippen LogP contribution in [0.1, 0.15) is 38.7 Å². The average Bonchev–Trinajstić information content (AvgIpc) is 2.47. The first-order chi connectivity index (χ1) is 10.1. The van der Waals surface area contributed by atoms with E-state index in [0.717, 1.165) is 19.4 Å². The minimum absolute atomic E-state index is 0.183. The molecule has 0 amide bonds. The number of anilines is 1. The van der Waals surface area contributed by atoms with Crippen molar-refractivity contribution in [3.63, 3.8) is 0 Å². The quantitative estimate of drug-likeness (QED) is 0.875. The normalized spacial score (nSPS) is 19.0. The van der Waals surface area contributed by atoms with Crippen molar-refractivity contribution in [1.29, 1.82) is 0 Å². The standard InChI is InChI=1S/C16H26FN3O/c1-12(2)19-10-13-7-8-18-16(15(13)17)20(3)11-14-6-4-5-9-21-14/h7-8,12,14,19H,4-6,9-11H2,1-3H3. The number of halogens is 1. The highest BCUT2D eigenvalue weighted by atomic mass is 19.1. The van der Waals surface area contributed by atoms with Crippen LogP contribution >= 0.6 is 0 Å². The van der Waals surface area contributed by atoms with E-state index < -0.39 is 0 Å². The summed E-state index contributed by atoms with van der Waals surface area (Å²) in [7, 11) is 1.88. The molecule has 0 aliphatic carbocycles. The Balaban J connectivity index is 2.02. The highest BCUT2D eigenvalue weighted by molar-refractivity contribution is 5.42. The number of ether oxygens (including phenoxy) is 1. The molecule has 0 radical (unpaired) electrons. The van der Waals surface area contributed by atoms with Crippen molar-refractivity contribution in [3.05, 3.63) is 23.6 Å². The molecular formula is C16H26FN3O. The lowest BCUT2D eigenvalue weighted by atomic mass is 10.1. The number of hydrogen-bond donors (Lipinski definition) is 1. The average molecular weight is 295 g/mol. The summed E-state index contributed by atoms with van der Waals surface area (Å²) in [4.78, 5) is 6.06. The highest BCUT2D eigenvalue weighted by Gasteiger charge is 2.19. The Morgan fingerprint density at radius 2 is 2.29 bits per heavy atom. The van der Waals surface area contributed by atoms with Crippen molar-refractivity contribution in [2.45, 2.75) is 51.8 Å². The van der Waals surface area contributed by atoms with Crippen molar-refractivity contribution >= 4 is 5.82 Å². The fourth-order valence-electron chi connectivity index (χ4n) is 2.53. The van der Waals surface area contributed by atoms with Crippen LogP contribution in [0.3, 0.4) is 0 Å². The second-order valence-corrected chi connectivity index (χ2v) is 6.01. The monoisotopic (exact) mass is 295 g/mol. The molecule has 2 heterocycles. The maximum atomic E-state index is 14.5. The number of rotatable bonds is 6. The van der Waals surface area contributed by atoms with Crippen LogP contribution in [0.15, 0.2) is 12.3 Å². The second kappa shape index (κ2) is 7.71. The third kappa shape index (κ3) is 4.64. The Kier molecular flexibility index (Phi) is 5.94. The summed E-state index contributed by atoms with van der Waals surface area (Å²) in [5, 5.41) is 3.24. The highest BCUT2D eigenvalue weighted by Crippen LogP contribution is 2.21. The van der Waals surface area contributed by atoms with E-state index in [1.165, 1.54) is 6.42 Å². The lowest BCUT2D eigenvalue weighted by molar-refractivity contribution is 0.0214. The molecule has 1 aromatic heterocycles. The molecular weight excluding hydrogens is 269 g/mol. The number of likely N-dealkylation sites (N-methyl/N-ethyl adjacent to an activating group) is 1. The zero-order valence-corrected chi connectivity index (χ0v) is 13.2. The van der Waals surface area contributed by atoms with Crippen molar-refractivity contribution < 1.29 is 9.13 Å². The summed E-state index contributed by atoms with van der Waals surface area (Å²) in [5.41, 5.74) is 0.658. The third-order valence-corrected chi connectivity index (χ3v) is 3.76. The van der Waals surface area contributed by atoms with Gasteiger partial charge in [-0.3, -0.25) is 0 Å². The zero-order chi connectivity index (χ0) is 15.2. The van der Waals surface area contributed by atoms with Crippen LogP contribution in [0, 0.1) is 5.82 Å². The molecule has 1 N–H and O–H groups in total. The molecule has 1 aliphatic rings. The number of hydrogen-bond acceptors (Lipinski definition) is 4. The van der Waals surface area contributed by atoms with Crippen molar-refractivity contribution in [2.24, 2.45) is 0 Å². The first-order valence-corrected chi connectivity index (χ1v) is 7.77. The largest absolute Gasteiger partial charge is 0.376 e. The van der Waals surface area contributed by atoms with Gasteiger partial charge in [-0.15, -0.1) is 0 Å². The third-order valence-electron chi connectivity index (χ3n) is 3.76. The molecule has 0 aromatic carbocycles. The van der Waals surface area contributed by atoms with Crippen LogP contribution in [0.2, 0.25) is 0 Å². The first kappa shape index (κ1) is 16.2. The lowest BCUT2D eigenvalue weighted by Crippen LogP contribution is -2.34. The SMILES string of the molecule is CC(C)NCc1ccnc(N(C)CC2CCCCO2)c1F. The smallest absolute Gasteiger partial charge is 0.170 e. The van der Waals surface area contributed by atoms with E-state index in [1.54, 1.807) is 12.3 Å². The van der Waals surface area contributed by atoms with Gasteiger partial charge >= 0.3 is 0 Å². The van der Waals surface area contributed by atoms with E-state index in [0.29, 0.717) is 30.5 Å². The van der Waals surface area contributed by atoms with E-state index in [1.807, 2.05) is 25.8 Å². The van der Waals surface area contributed by atoms with Crippen LogP contribution in [-0.4, -0.2) is 37.3 Å². The Morgan fingerprint density at radius 1 is 1.48 bits per heavy atom. The maximum absolute atomic E-state index is 14.5. The Bertz CT molecular complexity index is 447. The second-order valence-electron chi connectivity index (χ2n) is 6.01. The number of aromatic nitrogens is 1. The Morgan fingerprint density at radius 3 is 2.95 bits per heavy atom. The van der Waals surface area contributed by atoms with Crippen LogP contribution in [0.5, 0.6) is 0 Å². The van der Waals surface area contributed by atoms with Gasteiger partial charge in [0.25, 0.3) is 0 Å². The number of nitrogens with zero attached hydrogens (tertiary/aromatic N) is 2. The van der Waals surface area contributed by atoms with Gasteiger partial charge in [-0.25, -0.2) is 9.37 Å². The fourth-order valence-corrected chi connectivity index (χ4v) is 2.53. The predicted molar refractivity (Wildman–Crippen MR) is 83.0 cm³/mol. The molecule has 0 bridgehead atoms. The van der Waals surface area contributed by atoms with Gasteiger partial charge in [-0.1, -0.05) is 13.8 Å². The van der Waals surface area contributed by atoms with Gasteiger partial charge in [-0.2, -0.15) is 0 Å². The van der Waals surface area contributed by atoms with Crippen LogP contribution in [-0.2, 0) is 11.3 Å². The van der Waals surface area contributed by atoms with Crippen molar-refractivity contribution in [2.75, 3.05) is 25.1 Å². The summed E-state index contributed by atoms with van der Waals surface area (Å²) in [6, 6.07) is 2.06. The first-order valence-electron chi connectivity index (χ1n) is 7.77. The summed E-state index contributed by atoms with van der Waals surface area (Å²) < 4.78 is 20.3. The van der Waals surface area contributed by atoms with Gasteiger partial charge in [0, 0.05) is 44.5 Å². The summed E-state index contributed by atoms with van der Waals surface area (Å²) in [5.74, 6) is 0.177. The molecule has 1 aromatic rings. The molecule has 2 rings (SSSR count). The molecule has 118 valence electrons. The van der Waals surface area contributed by atoms with Crippen molar-refractivity contribution in [1.82, 2.24) is 10.3 Å². The van der Waals surface area contributed by atoms with E-state index >= 15 is 0 Å². The van der Waals surface area contributed by atoms with E-state index in [-0.39, 0.29) is 11.9 Å². The maximum Gasteiger partial charge on any atom is 0.170 e. The summed E-state index contributed by atoms with van der Waals surface area (Å²) >= 11 is 0. The molecule has 5 heteroatoms. The minimum Gasteiger partial charge on any atom is -0.376 e. The van der Waals surface area contributed by atoms with Crippen LogP contribution in [0.25, 0.3) is 0 Å². The molecule has 1 atom stereocenters. The molecule has 1 fully saturated rings. The molecule has 0 saturated carbocycles. The Labute approximate surface area is 126 Å². The fraction of sp³-hybridized carbons (Fsp3) is 0.688. The van der Waals surface area contributed by atoms with Gasteiger partial charge in [0.2, 0.25) is 0 Å². The van der Waals surface area contributed by atoms with Gasteiger partial charge in [0.05, 0.1) is 6.10 Å². The molecule has 1 saturated heterocycles. The van der Waals surface area contributed by atoms with Gasteiger partial charge < -0.3 is 15.0 Å². The molecule has 21 heavy (non-hydrogen) atoms. The predicted octanol–water partition coefficient (Wildman–Crippen LogP) is 2.72. The topological polar surface area (TPSA) is 37.4 Å². The van der Waals surface area contributed by atoms with Crippen molar-refractivity contribution in [3.8, 4) is 0 Å². The van der Waals surface area contributed by atoms with Gasteiger partial charge in [-0.05, 0) is 25.3 Å². The Hall–Kier alpha value is -1.20. The molecule has 1 unspecified atom stereocenters. The molecule has 1 aliphatic heterocycles. The van der Waals surface area contributed by atoms with E-state index in [9.17, 15) is 4.39 Å². The summed E-state index contributed by atoms with van der Waals surface area (Å²) in [6.07, 6.45) is 5.21. The van der Waals surface area contributed by atoms with Crippen LogP contribution < -0.4 is 10.2 Å². The summed E-state index contributed by atoms with van der Waals surface area (Å²) in [6.45, 7) is 6.11. The number of nitrogens with one attached hydrogen (secondary N) is 1. The van der Waals surface area contributed by atoms with Gasteiger partial charge in [0.15, 0.2) is 11.6 Å². The number of pyridine rings is 1. The zero-order valence-electron chi connectivity index (χ0n) is 13.2. The van der Waals surface area contributed by atoms with Crippen LogP contribution in [0.4, 0.5) is 10.2 Å². The molecule has 0 spiro atoms.